The highest BCUT2D eigenvalue weighted by atomic mass is 19.1. The maximum Gasteiger partial charge on any atom is 0.342 e. The number of rotatable bonds is 1. The normalized spacial score (nSPS) is 9.21. The molecule has 0 fully saturated rings. The van der Waals surface area contributed by atoms with E-state index in [0.717, 1.165) is 19.2 Å². The van der Waals surface area contributed by atoms with E-state index in [1.54, 1.807) is 0 Å². The van der Waals surface area contributed by atoms with Crippen molar-refractivity contribution >= 4 is 5.97 Å². The van der Waals surface area contributed by atoms with E-state index in [9.17, 15) is 9.18 Å². The van der Waals surface area contributed by atoms with E-state index >= 15 is 0 Å². The molecule has 0 aliphatic heterocycles. The number of phenols is 1. The summed E-state index contributed by atoms with van der Waals surface area (Å²) < 4.78 is 17.4. The minimum absolute atomic E-state index is 0.420. The van der Waals surface area contributed by atoms with E-state index in [2.05, 4.69) is 4.74 Å². The predicted molar refractivity (Wildman–Crippen MR) is 44.1 cm³/mol. The van der Waals surface area contributed by atoms with Gasteiger partial charge >= 0.3 is 5.97 Å². The number of methoxy groups -OCH3 is 1. The van der Waals surface area contributed by atoms with Crippen molar-refractivity contribution in [3.05, 3.63) is 29.1 Å². The molecule has 1 N–H and O–H groups in total. The number of nitrogens with zero attached hydrogens (tertiary/aromatic N) is 1. The van der Waals surface area contributed by atoms with Crippen molar-refractivity contribution < 1.29 is 19.0 Å². The zero-order chi connectivity index (χ0) is 10.7. The average molecular weight is 195 g/mol. The van der Waals surface area contributed by atoms with Gasteiger partial charge in [-0.05, 0) is 12.1 Å². The lowest BCUT2D eigenvalue weighted by Crippen LogP contribution is -2.07. The van der Waals surface area contributed by atoms with Gasteiger partial charge in [-0.1, -0.05) is 0 Å². The molecule has 1 rings (SSSR count). The van der Waals surface area contributed by atoms with Crippen molar-refractivity contribution in [1.29, 1.82) is 5.26 Å². The maximum atomic E-state index is 13.1. The second-order valence-electron chi connectivity index (χ2n) is 2.42. The maximum absolute atomic E-state index is 13.1. The quantitative estimate of drug-likeness (QED) is 0.683. The molecule has 1 aromatic carbocycles. The Morgan fingerprint density at radius 1 is 1.64 bits per heavy atom. The molecule has 0 radical (unpaired) electrons. The van der Waals surface area contributed by atoms with Crippen molar-refractivity contribution in [3.63, 3.8) is 0 Å². The number of nitriles is 1. The molecule has 72 valence electrons. The Balaban J connectivity index is 3.47. The number of hydrogen-bond donors (Lipinski definition) is 1. The first-order chi connectivity index (χ1) is 6.61. The van der Waals surface area contributed by atoms with Crippen LogP contribution in [-0.2, 0) is 4.74 Å². The Kier molecular flexibility index (Phi) is 2.67. The number of phenolic OH excluding ortho intramolecular Hbond substituents is 1. The largest absolute Gasteiger partial charge is 0.507 e. The first-order valence-electron chi connectivity index (χ1n) is 3.61. The Bertz CT molecular complexity index is 423. The Morgan fingerprint density at radius 3 is 2.79 bits per heavy atom. The van der Waals surface area contributed by atoms with Gasteiger partial charge in [-0.15, -0.1) is 0 Å². The molecule has 0 atom stereocenters. The number of aromatic hydroxyl groups is 1. The monoisotopic (exact) mass is 195 g/mol. The minimum atomic E-state index is -0.991. The molecule has 0 saturated heterocycles. The number of hydrogen-bond acceptors (Lipinski definition) is 4. The fourth-order valence-corrected chi connectivity index (χ4v) is 0.981. The molecule has 5 heteroatoms. The summed E-state index contributed by atoms with van der Waals surface area (Å²) in [6, 6.07) is 3.42. The molecule has 14 heavy (non-hydrogen) atoms. The fraction of sp³-hybridized carbons (Fsp3) is 0.111. The highest BCUT2D eigenvalue weighted by molar-refractivity contribution is 5.93. The Labute approximate surface area is 79.2 Å². The van der Waals surface area contributed by atoms with E-state index in [0.29, 0.717) is 0 Å². The van der Waals surface area contributed by atoms with Crippen LogP contribution in [0.25, 0.3) is 0 Å². The van der Waals surface area contributed by atoms with Crippen molar-refractivity contribution in [3.8, 4) is 11.8 Å². The van der Waals surface area contributed by atoms with Crippen LogP contribution >= 0.6 is 0 Å². The number of esters is 1. The van der Waals surface area contributed by atoms with E-state index in [-0.39, 0.29) is 0 Å². The van der Waals surface area contributed by atoms with Gasteiger partial charge in [0.2, 0.25) is 0 Å². The lowest BCUT2D eigenvalue weighted by atomic mass is 10.1. The Morgan fingerprint density at radius 2 is 2.29 bits per heavy atom. The predicted octanol–water partition coefficient (Wildman–Crippen LogP) is 1.19. The molecule has 0 bridgehead atoms. The van der Waals surface area contributed by atoms with Crippen LogP contribution in [0.1, 0.15) is 15.9 Å². The SMILES string of the molecule is COC(=O)c1c(F)ccc(O)c1C#N. The summed E-state index contributed by atoms with van der Waals surface area (Å²) in [4.78, 5) is 11.0. The summed E-state index contributed by atoms with van der Waals surface area (Å²) in [6.07, 6.45) is 0. The van der Waals surface area contributed by atoms with Gasteiger partial charge in [-0.25, -0.2) is 9.18 Å². The molecule has 0 heterocycles. The summed E-state index contributed by atoms with van der Waals surface area (Å²) >= 11 is 0. The molecule has 0 aromatic heterocycles. The van der Waals surface area contributed by atoms with Crippen LogP contribution in [0.15, 0.2) is 12.1 Å². The third-order valence-electron chi connectivity index (χ3n) is 1.63. The first-order valence-corrected chi connectivity index (χ1v) is 3.61. The molecule has 0 aliphatic carbocycles. The van der Waals surface area contributed by atoms with E-state index in [4.69, 9.17) is 10.4 Å². The number of halogens is 1. The van der Waals surface area contributed by atoms with E-state index in [1.807, 2.05) is 0 Å². The molecule has 0 amide bonds. The van der Waals surface area contributed by atoms with Gasteiger partial charge in [0.25, 0.3) is 0 Å². The lowest BCUT2D eigenvalue weighted by Gasteiger charge is -2.04. The lowest BCUT2D eigenvalue weighted by molar-refractivity contribution is 0.0594. The zero-order valence-electron chi connectivity index (χ0n) is 7.24. The van der Waals surface area contributed by atoms with Crippen molar-refractivity contribution in [1.82, 2.24) is 0 Å². The third-order valence-corrected chi connectivity index (χ3v) is 1.63. The van der Waals surface area contributed by atoms with Crippen LogP contribution in [0.2, 0.25) is 0 Å². The van der Waals surface area contributed by atoms with Crippen LogP contribution in [-0.4, -0.2) is 18.2 Å². The van der Waals surface area contributed by atoms with Gasteiger partial charge in [0.1, 0.15) is 28.8 Å². The molecular formula is C9H6FNO3. The molecular weight excluding hydrogens is 189 g/mol. The summed E-state index contributed by atoms with van der Waals surface area (Å²) in [5, 5.41) is 17.7. The second-order valence-corrected chi connectivity index (χ2v) is 2.42. The third kappa shape index (κ3) is 1.50. The van der Waals surface area contributed by atoms with Gasteiger partial charge < -0.3 is 9.84 Å². The average Bonchev–Trinajstić information content (AvgIpc) is 2.19. The van der Waals surface area contributed by atoms with Crippen LogP contribution in [0, 0.1) is 17.1 Å². The van der Waals surface area contributed by atoms with Crippen LogP contribution < -0.4 is 0 Å². The van der Waals surface area contributed by atoms with Gasteiger partial charge in [-0.3, -0.25) is 0 Å². The number of benzene rings is 1. The van der Waals surface area contributed by atoms with Gasteiger partial charge in [0.05, 0.1) is 7.11 Å². The molecule has 0 aliphatic rings. The number of carbonyl (C=O) groups is 1. The van der Waals surface area contributed by atoms with Crippen LogP contribution in [0.3, 0.4) is 0 Å². The van der Waals surface area contributed by atoms with Crippen LogP contribution in [0.4, 0.5) is 4.39 Å². The van der Waals surface area contributed by atoms with E-state index in [1.165, 1.54) is 6.07 Å². The number of ether oxygens (including phenoxy) is 1. The van der Waals surface area contributed by atoms with Crippen molar-refractivity contribution in [2.75, 3.05) is 7.11 Å². The molecule has 4 nitrogen and oxygen atoms in total. The smallest absolute Gasteiger partial charge is 0.342 e. The number of carbonyl (C=O) groups excluding carboxylic acids is 1. The summed E-state index contributed by atoms with van der Waals surface area (Å²) in [7, 11) is 1.06. The van der Waals surface area contributed by atoms with Gasteiger partial charge in [0, 0.05) is 0 Å². The van der Waals surface area contributed by atoms with Gasteiger partial charge in [0.15, 0.2) is 0 Å². The molecule has 0 saturated carbocycles. The molecule has 1 aromatic rings. The minimum Gasteiger partial charge on any atom is -0.507 e. The summed E-state index contributed by atoms with van der Waals surface area (Å²) in [6.45, 7) is 0. The standard InChI is InChI=1S/C9H6FNO3/c1-14-9(13)8-5(4-11)7(12)3-2-6(8)10/h2-3,12H,1H3. The van der Waals surface area contributed by atoms with E-state index < -0.39 is 28.7 Å². The molecule has 0 spiro atoms. The second kappa shape index (κ2) is 3.75. The summed E-state index contributed by atoms with van der Waals surface area (Å²) in [5.74, 6) is -2.34. The topological polar surface area (TPSA) is 70.3 Å². The van der Waals surface area contributed by atoms with Crippen LogP contribution in [0.5, 0.6) is 5.75 Å². The molecule has 0 unspecified atom stereocenters. The Hall–Kier alpha value is -2.09. The van der Waals surface area contributed by atoms with Crippen molar-refractivity contribution in [2.45, 2.75) is 0 Å². The highest BCUT2D eigenvalue weighted by Gasteiger charge is 2.20. The zero-order valence-corrected chi connectivity index (χ0v) is 7.24. The first kappa shape index (κ1) is 9.99. The van der Waals surface area contributed by atoms with Crippen molar-refractivity contribution in [2.24, 2.45) is 0 Å². The highest BCUT2D eigenvalue weighted by Crippen LogP contribution is 2.23. The fourth-order valence-electron chi connectivity index (χ4n) is 0.981. The van der Waals surface area contributed by atoms with Gasteiger partial charge in [-0.2, -0.15) is 5.26 Å². The summed E-state index contributed by atoms with van der Waals surface area (Å²) in [5.41, 5.74) is -0.966.